The van der Waals surface area contributed by atoms with Gasteiger partial charge in [-0.1, -0.05) is 10.3 Å². The van der Waals surface area contributed by atoms with Crippen molar-refractivity contribution >= 4 is 17.3 Å². The summed E-state index contributed by atoms with van der Waals surface area (Å²) in [7, 11) is 0. The Morgan fingerprint density at radius 2 is 1.53 bits per heavy atom. The van der Waals surface area contributed by atoms with Crippen molar-refractivity contribution in [3.63, 3.8) is 0 Å². The molecule has 4 rings (SSSR count). The molecule has 0 aliphatic carbocycles. The van der Waals surface area contributed by atoms with E-state index in [1.54, 1.807) is 30.3 Å². The van der Waals surface area contributed by atoms with E-state index in [1.165, 1.54) is 12.1 Å². The normalized spacial score (nSPS) is 11.9. The maximum Gasteiger partial charge on any atom is 0.439 e. The summed E-state index contributed by atoms with van der Waals surface area (Å²) in [5, 5.41) is 19.8. The first kappa shape index (κ1) is 18.7. The Hall–Kier alpha value is -4.61. The topological polar surface area (TPSA) is 193 Å². The lowest BCUT2D eigenvalue weighted by Crippen LogP contribution is -2.21. The Morgan fingerprint density at radius 3 is 2.07 bits per heavy atom. The molecule has 0 saturated heterocycles. The van der Waals surface area contributed by atoms with E-state index in [9.17, 15) is 19.5 Å². The number of H-pyrrole nitrogens is 2. The molecule has 0 amide bonds. The van der Waals surface area contributed by atoms with Crippen LogP contribution in [0.3, 0.4) is 0 Å². The molecular formula is C18H14N6O6. The van der Waals surface area contributed by atoms with Crippen molar-refractivity contribution < 1.29 is 18.9 Å². The third-order valence-corrected chi connectivity index (χ3v) is 4.27. The highest BCUT2D eigenvalue weighted by Gasteiger charge is 2.23. The highest BCUT2D eigenvalue weighted by molar-refractivity contribution is 5.83. The Morgan fingerprint density at radius 1 is 0.967 bits per heavy atom. The highest BCUT2D eigenvalue weighted by Crippen LogP contribution is 2.29. The summed E-state index contributed by atoms with van der Waals surface area (Å²) in [4.78, 5) is 39.0. The van der Waals surface area contributed by atoms with E-state index in [0.29, 0.717) is 16.8 Å². The first-order valence-corrected chi connectivity index (χ1v) is 8.52. The average Bonchev–Trinajstić information content (AvgIpc) is 3.35. The zero-order chi connectivity index (χ0) is 21.3. The molecule has 30 heavy (non-hydrogen) atoms. The van der Waals surface area contributed by atoms with E-state index in [4.69, 9.17) is 5.73 Å². The lowest BCUT2D eigenvalue weighted by molar-refractivity contribution is -0.138. The lowest BCUT2D eigenvalue weighted by atomic mass is 10.0. The van der Waals surface area contributed by atoms with Gasteiger partial charge in [-0.3, -0.25) is 19.0 Å². The molecule has 1 atom stereocenters. The van der Waals surface area contributed by atoms with E-state index in [1.807, 2.05) is 0 Å². The van der Waals surface area contributed by atoms with Gasteiger partial charge in [0.1, 0.15) is 0 Å². The molecule has 2 heterocycles. The average molecular weight is 410 g/mol. The van der Waals surface area contributed by atoms with Crippen LogP contribution in [0.5, 0.6) is 0 Å². The van der Waals surface area contributed by atoms with Crippen LogP contribution in [0.15, 0.2) is 61.1 Å². The highest BCUT2D eigenvalue weighted by atomic mass is 16.5. The van der Waals surface area contributed by atoms with Gasteiger partial charge in [-0.25, -0.2) is 14.4 Å². The predicted octanol–water partition coefficient (Wildman–Crippen LogP) is 1.19. The van der Waals surface area contributed by atoms with E-state index in [0.717, 1.165) is 0 Å². The number of benzene rings is 2. The van der Waals surface area contributed by atoms with Gasteiger partial charge in [0.2, 0.25) is 0 Å². The number of nitrogens with two attached hydrogens (primary N) is 1. The molecule has 0 spiro atoms. The van der Waals surface area contributed by atoms with E-state index < -0.39 is 23.5 Å². The van der Waals surface area contributed by atoms with Gasteiger partial charge in [0, 0.05) is 28.1 Å². The molecule has 0 aliphatic heterocycles. The van der Waals surface area contributed by atoms with Crippen molar-refractivity contribution in [1.29, 1.82) is 0 Å². The van der Waals surface area contributed by atoms with Crippen LogP contribution in [0.4, 0.5) is 11.4 Å². The molecule has 0 radical (unpaired) electrons. The minimum absolute atomic E-state index is 0.149. The van der Waals surface area contributed by atoms with Crippen molar-refractivity contribution in [2.45, 2.75) is 6.04 Å². The Bertz CT molecular complexity index is 1320. The van der Waals surface area contributed by atoms with Crippen molar-refractivity contribution in [3.8, 4) is 22.8 Å². The molecule has 0 saturated carbocycles. The lowest BCUT2D eigenvalue weighted by Gasteiger charge is -2.18. The summed E-state index contributed by atoms with van der Waals surface area (Å²) >= 11 is 0. The smallest absolute Gasteiger partial charge is 0.439 e. The molecule has 152 valence electrons. The molecule has 0 bridgehead atoms. The number of hydrogen-bond acceptors (Lipinski definition) is 9. The van der Waals surface area contributed by atoms with Gasteiger partial charge in [0.15, 0.2) is 17.7 Å². The fraction of sp³-hybridized carbons (Fsp3) is 0.0556. The number of carbonyl (C=O) groups is 1. The number of carboxylic acids is 1. The van der Waals surface area contributed by atoms with Crippen molar-refractivity contribution in [3.05, 3.63) is 69.1 Å². The molecule has 2 aromatic heterocycles. The first-order valence-electron chi connectivity index (χ1n) is 8.52. The van der Waals surface area contributed by atoms with Gasteiger partial charge in [-0.2, -0.15) is 0 Å². The van der Waals surface area contributed by atoms with Crippen LogP contribution in [0, 0.1) is 0 Å². The monoisotopic (exact) mass is 410 g/mol. The quantitative estimate of drug-likeness (QED) is 0.288. The molecule has 6 N–H and O–H groups in total. The largest absolute Gasteiger partial charge is 0.479 e. The number of aromatic amines is 2. The van der Waals surface area contributed by atoms with Crippen LogP contribution < -0.4 is 22.6 Å². The summed E-state index contributed by atoms with van der Waals surface area (Å²) in [5.74, 6) is -2.18. The summed E-state index contributed by atoms with van der Waals surface area (Å²) in [6.45, 7) is 0. The number of aromatic nitrogens is 4. The molecule has 0 aliphatic rings. The van der Waals surface area contributed by atoms with Gasteiger partial charge in [0.05, 0.1) is 0 Å². The third-order valence-electron chi connectivity index (χ3n) is 4.27. The Kier molecular flexibility index (Phi) is 4.64. The number of nitrogens with zero attached hydrogens (tertiary/aromatic N) is 2. The zero-order valence-electron chi connectivity index (χ0n) is 15.1. The van der Waals surface area contributed by atoms with Crippen LogP contribution in [-0.2, 0) is 4.79 Å². The molecule has 2 aromatic carbocycles. The van der Waals surface area contributed by atoms with Crippen LogP contribution in [0.2, 0.25) is 0 Å². The summed E-state index contributed by atoms with van der Waals surface area (Å²) < 4.78 is 8.95. The minimum Gasteiger partial charge on any atom is -0.479 e. The number of anilines is 2. The maximum absolute atomic E-state index is 11.9. The second kappa shape index (κ2) is 7.43. The molecule has 4 aromatic rings. The minimum atomic E-state index is -1.19. The molecule has 0 fully saturated rings. The number of nitrogen functional groups attached to an aromatic ring is 1. The van der Waals surface area contributed by atoms with Gasteiger partial charge >= 0.3 is 17.5 Å². The van der Waals surface area contributed by atoms with Crippen molar-refractivity contribution in [2.24, 2.45) is 0 Å². The number of aliphatic carboxylic acids is 1. The van der Waals surface area contributed by atoms with Crippen molar-refractivity contribution in [1.82, 2.24) is 20.3 Å². The third kappa shape index (κ3) is 3.69. The van der Waals surface area contributed by atoms with Gasteiger partial charge in [-0.15, -0.1) is 0 Å². The van der Waals surface area contributed by atoms with Gasteiger partial charge in [0.25, 0.3) is 0 Å². The fourth-order valence-corrected chi connectivity index (χ4v) is 2.84. The second-order valence-electron chi connectivity index (χ2n) is 6.22. The maximum atomic E-state index is 11.9. The molecular weight excluding hydrogens is 396 g/mol. The first-order chi connectivity index (χ1) is 14.4. The standard InChI is InChI=1S/C18H14N6O6/c19-12-6-3-9(15-22-18(28)30-24-15)7-11(12)13(16(25)26)20-10-4-1-8(2-5-10)14-21-17(27)29-23-14/h1-7,13,20H,19H2,(H,25,26)(H,21,23,27)(H,22,24,28). The van der Waals surface area contributed by atoms with Crippen molar-refractivity contribution in [2.75, 3.05) is 11.1 Å². The second-order valence-corrected chi connectivity index (χ2v) is 6.22. The molecule has 1 unspecified atom stereocenters. The van der Waals surface area contributed by atoms with Crippen LogP contribution in [0.1, 0.15) is 11.6 Å². The summed E-state index contributed by atoms with van der Waals surface area (Å²) in [5.41, 5.74) is 8.00. The van der Waals surface area contributed by atoms with E-state index in [2.05, 4.69) is 34.6 Å². The summed E-state index contributed by atoms with van der Waals surface area (Å²) in [6, 6.07) is 9.91. The predicted molar refractivity (Wildman–Crippen MR) is 104 cm³/mol. The van der Waals surface area contributed by atoms with Crippen LogP contribution >= 0.6 is 0 Å². The van der Waals surface area contributed by atoms with E-state index >= 15 is 0 Å². The number of carboxylic acid groups (broad SMARTS) is 1. The van der Waals surface area contributed by atoms with Gasteiger partial charge < -0.3 is 16.2 Å². The molecule has 12 nitrogen and oxygen atoms in total. The molecule has 12 heteroatoms. The number of rotatable bonds is 6. The fourth-order valence-electron chi connectivity index (χ4n) is 2.84. The van der Waals surface area contributed by atoms with Crippen LogP contribution in [0.25, 0.3) is 22.8 Å². The Balaban J connectivity index is 1.64. The number of hydrogen-bond donors (Lipinski definition) is 5. The summed E-state index contributed by atoms with van der Waals surface area (Å²) in [6.07, 6.45) is 0. The SMILES string of the molecule is Nc1ccc(-c2noc(=O)[nH]2)cc1C(Nc1ccc(-c2noc(=O)[nH]2)cc1)C(=O)O. The number of nitrogens with one attached hydrogen (secondary N) is 3. The Labute approximate surface area is 166 Å². The van der Waals surface area contributed by atoms with E-state index in [-0.39, 0.29) is 22.9 Å². The van der Waals surface area contributed by atoms with Gasteiger partial charge in [-0.05, 0) is 42.5 Å². The van der Waals surface area contributed by atoms with Crippen LogP contribution in [-0.4, -0.2) is 31.4 Å². The zero-order valence-corrected chi connectivity index (χ0v) is 15.1.